The molecule has 26 heavy (non-hydrogen) atoms. The van der Waals surface area contributed by atoms with Gasteiger partial charge in [-0.3, -0.25) is 9.20 Å². The number of hydrogen-bond donors (Lipinski definition) is 2. The number of nitrogens with zero attached hydrogens (tertiary/aromatic N) is 1. The summed E-state index contributed by atoms with van der Waals surface area (Å²) in [6, 6.07) is 14.9. The quantitative estimate of drug-likeness (QED) is 0.594. The summed E-state index contributed by atoms with van der Waals surface area (Å²) in [6.45, 7) is 11.5. The molecule has 0 spiro atoms. The Bertz CT molecular complexity index is 775. The molecule has 0 bridgehead atoms. The topological polar surface area (TPSA) is 53.5 Å². The molecular weight excluding hydrogens is 342 g/mol. The Balaban J connectivity index is 2.10. The highest BCUT2D eigenvalue weighted by Crippen LogP contribution is 2.23. The predicted molar refractivity (Wildman–Crippen MR) is 114 cm³/mol. The summed E-state index contributed by atoms with van der Waals surface area (Å²) < 4.78 is 12.0. The summed E-state index contributed by atoms with van der Waals surface area (Å²) >= 11 is 0. The molecule has 2 rings (SSSR count). The highest BCUT2D eigenvalue weighted by molar-refractivity contribution is 7.86. The molecule has 0 fully saturated rings. The SMILES string of the molecule is CCNC(=NCCS(=O)C(C)(C)C)NC(C)c1cccc2ccccc12. The van der Waals surface area contributed by atoms with Crippen molar-refractivity contribution >= 4 is 27.5 Å². The molecule has 2 N–H and O–H groups in total. The van der Waals surface area contributed by atoms with Gasteiger partial charge in [0.25, 0.3) is 0 Å². The summed E-state index contributed by atoms with van der Waals surface area (Å²) in [6.07, 6.45) is 0. The maximum atomic E-state index is 12.2. The standard InChI is InChI=1S/C21H31N3OS/c1-6-22-20(23-14-15-26(25)21(3,4)5)24-16(2)18-13-9-11-17-10-7-8-12-19(17)18/h7-13,16H,6,14-15H2,1-5H3,(H2,22,23,24). The maximum Gasteiger partial charge on any atom is 0.191 e. The van der Waals surface area contributed by atoms with E-state index in [9.17, 15) is 4.21 Å². The molecule has 0 aliphatic heterocycles. The van der Waals surface area contributed by atoms with Gasteiger partial charge in [0, 0.05) is 27.8 Å². The lowest BCUT2D eigenvalue weighted by Gasteiger charge is -2.20. The van der Waals surface area contributed by atoms with E-state index in [0.29, 0.717) is 12.3 Å². The van der Waals surface area contributed by atoms with Gasteiger partial charge in [-0.15, -0.1) is 0 Å². The molecule has 142 valence electrons. The zero-order valence-electron chi connectivity index (χ0n) is 16.5. The number of guanidine groups is 1. The van der Waals surface area contributed by atoms with Crippen LogP contribution in [-0.4, -0.2) is 33.8 Å². The third-order valence-corrected chi connectivity index (χ3v) is 6.14. The van der Waals surface area contributed by atoms with Gasteiger partial charge in [-0.2, -0.15) is 0 Å². The van der Waals surface area contributed by atoms with E-state index < -0.39 is 10.8 Å². The first-order valence-electron chi connectivity index (χ1n) is 9.24. The van der Waals surface area contributed by atoms with Gasteiger partial charge in [0.05, 0.1) is 12.6 Å². The molecule has 0 aliphatic carbocycles. The van der Waals surface area contributed by atoms with Gasteiger partial charge in [0.15, 0.2) is 5.96 Å². The van der Waals surface area contributed by atoms with Crippen molar-refractivity contribution < 1.29 is 4.21 Å². The molecule has 0 radical (unpaired) electrons. The largest absolute Gasteiger partial charge is 0.357 e. The van der Waals surface area contributed by atoms with E-state index in [1.54, 1.807) is 0 Å². The van der Waals surface area contributed by atoms with Crippen LogP contribution in [-0.2, 0) is 10.8 Å². The third-order valence-electron chi connectivity index (χ3n) is 4.22. The average molecular weight is 374 g/mol. The summed E-state index contributed by atoms with van der Waals surface area (Å²) in [4.78, 5) is 4.61. The Morgan fingerprint density at radius 2 is 1.85 bits per heavy atom. The van der Waals surface area contributed by atoms with Crippen LogP contribution in [0.2, 0.25) is 0 Å². The molecule has 0 saturated heterocycles. The van der Waals surface area contributed by atoms with Crippen molar-refractivity contribution in [3.63, 3.8) is 0 Å². The van der Waals surface area contributed by atoms with Gasteiger partial charge in [0.2, 0.25) is 0 Å². The van der Waals surface area contributed by atoms with E-state index in [1.807, 2.05) is 27.7 Å². The zero-order valence-corrected chi connectivity index (χ0v) is 17.3. The second kappa shape index (κ2) is 9.17. The van der Waals surface area contributed by atoms with Crippen molar-refractivity contribution in [2.75, 3.05) is 18.8 Å². The van der Waals surface area contributed by atoms with Crippen LogP contribution in [0.15, 0.2) is 47.5 Å². The van der Waals surface area contributed by atoms with Crippen LogP contribution in [0.5, 0.6) is 0 Å². The van der Waals surface area contributed by atoms with Crippen LogP contribution >= 0.6 is 0 Å². The van der Waals surface area contributed by atoms with E-state index in [0.717, 1.165) is 12.5 Å². The molecule has 0 saturated carbocycles. The molecule has 2 atom stereocenters. The van der Waals surface area contributed by atoms with Crippen molar-refractivity contribution in [1.82, 2.24) is 10.6 Å². The van der Waals surface area contributed by atoms with Crippen LogP contribution in [0.4, 0.5) is 0 Å². The minimum absolute atomic E-state index is 0.118. The second-order valence-corrected chi connectivity index (χ2v) is 9.68. The van der Waals surface area contributed by atoms with Gasteiger partial charge in [-0.25, -0.2) is 0 Å². The zero-order chi connectivity index (χ0) is 19.2. The van der Waals surface area contributed by atoms with Gasteiger partial charge in [-0.1, -0.05) is 42.5 Å². The Hall–Kier alpha value is -1.88. The van der Waals surface area contributed by atoms with Crippen LogP contribution in [0.25, 0.3) is 10.8 Å². The van der Waals surface area contributed by atoms with Crippen molar-refractivity contribution in [3.05, 3.63) is 48.0 Å². The Morgan fingerprint density at radius 3 is 2.54 bits per heavy atom. The second-order valence-electron chi connectivity index (χ2n) is 7.36. The predicted octanol–water partition coefficient (Wildman–Crippen LogP) is 4.00. The minimum Gasteiger partial charge on any atom is -0.357 e. The smallest absolute Gasteiger partial charge is 0.191 e. The molecule has 2 aromatic carbocycles. The summed E-state index contributed by atoms with van der Waals surface area (Å²) in [5.74, 6) is 1.33. The Morgan fingerprint density at radius 1 is 1.15 bits per heavy atom. The van der Waals surface area contributed by atoms with E-state index in [1.165, 1.54) is 16.3 Å². The number of fused-ring (bicyclic) bond motifs is 1. The summed E-state index contributed by atoms with van der Waals surface area (Å²) in [7, 11) is -0.888. The summed E-state index contributed by atoms with van der Waals surface area (Å²) in [5, 5.41) is 9.25. The lowest BCUT2D eigenvalue weighted by Crippen LogP contribution is -2.39. The first-order valence-corrected chi connectivity index (χ1v) is 10.6. The molecule has 0 amide bonds. The molecule has 0 aromatic heterocycles. The molecule has 0 aliphatic rings. The lowest BCUT2D eigenvalue weighted by molar-refractivity contribution is 0.648. The highest BCUT2D eigenvalue weighted by Gasteiger charge is 2.18. The number of nitrogens with one attached hydrogen (secondary N) is 2. The van der Waals surface area contributed by atoms with Crippen LogP contribution in [0.3, 0.4) is 0 Å². The van der Waals surface area contributed by atoms with Gasteiger partial charge >= 0.3 is 0 Å². The lowest BCUT2D eigenvalue weighted by atomic mass is 10.00. The fourth-order valence-electron chi connectivity index (χ4n) is 2.78. The fraction of sp³-hybridized carbons (Fsp3) is 0.476. The molecule has 5 heteroatoms. The normalized spacial score (nSPS) is 14.9. The van der Waals surface area contributed by atoms with E-state index in [4.69, 9.17) is 0 Å². The van der Waals surface area contributed by atoms with E-state index in [2.05, 4.69) is 65.0 Å². The third kappa shape index (κ3) is 5.56. The minimum atomic E-state index is -0.888. The Labute approximate surface area is 159 Å². The van der Waals surface area contributed by atoms with Crippen molar-refractivity contribution in [1.29, 1.82) is 0 Å². The summed E-state index contributed by atoms with van der Waals surface area (Å²) in [5.41, 5.74) is 1.24. The molecule has 4 nitrogen and oxygen atoms in total. The number of benzene rings is 2. The van der Waals surface area contributed by atoms with Gasteiger partial charge < -0.3 is 10.6 Å². The first-order chi connectivity index (χ1) is 12.3. The number of rotatable bonds is 6. The van der Waals surface area contributed by atoms with Gasteiger partial charge in [-0.05, 0) is 51.0 Å². The average Bonchev–Trinajstić information content (AvgIpc) is 2.60. The van der Waals surface area contributed by atoms with Crippen LogP contribution < -0.4 is 10.6 Å². The monoisotopic (exact) mass is 373 g/mol. The van der Waals surface area contributed by atoms with Crippen LogP contribution in [0.1, 0.15) is 46.2 Å². The maximum absolute atomic E-state index is 12.2. The van der Waals surface area contributed by atoms with E-state index >= 15 is 0 Å². The van der Waals surface area contributed by atoms with Gasteiger partial charge in [0.1, 0.15) is 0 Å². The molecule has 2 aromatic rings. The molecule has 0 heterocycles. The van der Waals surface area contributed by atoms with Crippen LogP contribution in [0, 0.1) is 0 Å². The number of aliphatic imine (C=N–C) groups is 1. The molecule has 2 unspecified atom stereocenters. The highest BCUT2D eigenvalue weighted by atomic mass is 32.2. The van der Waals surface area contributed by atoms with E-state index in [-0.39, 0.29) is 10.8 Å². The molecular formula is C21H31N3OS. The first kappa shape index (κ1) is 20.4. The number of hydrogen-bond acceptors (Lipinski definition) is 2. The van der Waals surface area contributed by atoms with Crippen molar-refractivity contribution in [2.24, 2.45) is 4.99 Å². The Kier molecular flexibility index (Phi) is 7.21. The van der Waals surface area contributed by atoms with Crippen molar-refractivity contribution in [3.8, 4) is 0 Å². The van der Waals surface area contributed by atoms with Crippen molar-refractivity contribution in [2.45, 2.75) is 45.4 Å². The fourth-order valence-corrected chi connectivity index (χ4v) is 3.65.